The van der Waals surface area contributed by atoms with Crippen molar-refractivity contribution in [2.75, 3.05) is 25.0 Å². The van der Waals surface area contributed by atoms with Gasteiger partial charge in [-0.15, -0.1) is 5.10 Å². The fraction of sp³-hybridized carbons (Fsp3) is 0.238. The zero-order valence-electron chi connectivity index (χ0n) is 15.7. The molecule has 1 amide bonds. The zero-order valence-corrected chi connectivity index (χ0v) is 15.7. The standard InChI is InChI=1S/C21H20N6O2/c22-12-16-6-8-18(9-7-16)27-15-23-21(25-27)24-20(28)19-14-26(10-11-29-19)13-17-4-2-1-3-5-17/h1-9,15,19H,10-11,13-14H2,(H,24,25,28). The first-order valence-electron chi connectivity index (χ1n) is 9.32. The van der Waals surface area contributed by atoms with Crippen LogP contribution in [-0.4, -0.2) is 51.4 Å². The second-order valence-corrected chi connectivity index (χ2v) is 6.74. The van der Waals surface area contributed by atoms with Gasteiger partial charge in [0.15, 0.2) is 0 Å². The Labute approximate surface area is 168 Å². The summed E-state index contributed by atoms with van der Waals surface area (Å²) in [7, 11) is 0. The molecule has 146 valence electrons. The van der Waals surface area contributed by atoms with E-state index in [1.807, 2.05) is 18.2 Å². The molecule has 0 spiro atoms. The molecule has 1 aliphatic rings. The van der Waals surface area contributed by atoms with E-state index in [0.29, 0.717) is 18.7 Å². The van der Waals surface area contributed by atoms with Gasteiger partial charge in [0.2, 0.25) is 5.95 Å². The van der Waals surface area contributed by atoms with E-state index < -0.39 is 6.10 Å². The predicted molar refractivity (Wildman–Crippen MR) is 106 cm³/mol. The number of hydrogen-bond acceptors (Lipinski definition) is 6. The highest BCUT2D eigenvalue weighted by Crippen LogP contribution is 2.13. The summed E-state index contributed by atoms with van der Waals surface area (Å²) in [4.78, 5) is 18.9. The van der Waals surface area contributed by atoms with E-state index in [1.54, 1.807) is 28.9 Å². The highest BCUT2D eigenvalue weighted by atomic mass is 16.5. The average molecular weight is 388 g/mol. The summed E-state index contributed by atoms with van der Waals surface area (Å²) in [6.45, 7) is 2.57. The highest BCUT2D eigenvalue weighted by Gasteiger charge is 2.27. The number of rotatable bonds is 5. The minimum Gasteiger partial charge on any atom is -0.366 e. The molecule has 1 saturated heterocycles. The molecule has 3 aromatic rings. The molecule has 0 aliphatic carbocycles. The number of amides is 1. The van der Waals surface area contributed by atoms with E-state index in [4.69, 9.17) is 10.00 Å². The van der Waals surface area contributed by atoms with Crippen LogP contribution in [0.4, 0.5) is 5.95 Å². The summed E-state index contributed by atoms with van der Waals surface area (Å²) >= 11 is 0. The Kier molecular flexibility index (Phi) is 5.61. The summed E-state index contributed by atoms with van der Waals surface area (Å²) in [5, 5.41) is 15.9. The van der Waals surface area contributed by atoms with Gasteiger partial charge in [-0.1, -0.05) is 30.3 Å². The molecule has 2 heterocycles. The van der Waals surface area contributed by atoms with Gasteiger partial charge in [-0.3, -0.25) is 15.0 Å². The van der Waals surface area contributed by atoms with Crippen molar-refractivity contribution in [1.29, 1.82) is 5.26 Å². The molecular formula is C21H20N6O2. The number of aromatic nitrogens is 3. The third-order valence-electron chi connectivity index (χ3n) is 4.68. The summed E-state index contributed by atoms with van der Waals surface area (Å²) in [6, 6.07) is 19.2. The fourth-order valence-electron chi connectivity index (χ4n) is 3.17. The van der Waals surface area contributed by atoms with E-state index in [9.17, 15) is 4.79 Å². The number of ether oxygens (including phenoxy) is 1. The van der Waals surface area contributed by atoms with Crippen LogP contribution in [0.5, 0.6) is 0 Å². The molecule has 8 heteroatoms. The lowest BCUT2D eigenvalue weighted by Gasteiger charge is -2.31. The van der Waals surface area contributed by atoms with Crippen LogP contribution < -0.4 is 5.32 Å². The summed E-state index contributed by atoms with van der Waals surface area (Å²) < 4.78 is 7.19. The molecule has 29 heavy (non-hydrogen) atoms. The van der Waals surface area contributed by atoms with Gasteiger partial charge in [-0.05, 0) is 29.8 Å². The maximum atomic E-state index is 12.6. The van der Waals surface area contributed by atoms with Crippen molar-refractivity contribution in [3.63, 3.8) is 0 Å². The first-order valence-corrected chi connectivity index (χ1v) is 9.32. The molecule has 1 aliphatic heterocycles. The molecular weight excluding hydrogens is 368 g/mol. The maximum absolute atomic E-state index is 12.6. The van der Waals surface area contributed by atoms with Gasteiger partial charge in [-0.2, -0.15) is 10.2 Å². The van der Waals surface area contributed by atoms with E-state index in [2.05, 4.69) is 38.5 Å². The van der Waals surface area contributed by atoms with Crippen LogP contribution in [0.1, 0.15) is 11.1 Å². The van der Waals surface area contributed by atoms with E-state index in [0.717, 1.165) is 18.8 Å². The molecule has 0 radical (unpaired) electrons. The molecule has 2 aromatic carbocycles. The van der Waals surface area contributed by atoms with Gasteiger partial charge in [0, 0.05) is 19.6 Å². The van der Waals surface area contributed by atoms with E-state index >= 15 is 0 Å². The van der Waals surface area contributed by atoms with Gasteiger partial charge >= 0.3 is 0 Å². The summed E-state index contributed by atoms with van der Waals surface area (Å²) in [6.07, 6.45) is 0.940. The number of nitrogens with one attached hydrogen (secondary N) is 1. The Hall–Kier alpha value is -3.54. The monoisotopic (exact) mass is 388 g/mol. The molecule has 1 unspecified atom stereocenters. The number of carbonyl (C=O) groups is 1. The van der Waals surface area contributed by atoms with Crippen molar-refractivity contribution in [2.45, 2.75) is 12.6 Å². The Bertz CT molecular complexity index is 1010. The number of benzene rings is 2. The number of morpholine rings is 1. The van der Waals surface area contributed by atoms with Crippen molar-refractivity contribution in [3.8, 4) is 11.8 Å². The molecule has 1 N–H and O–H groups in total. The highest BCUT2D eigenvalue weighted by molar-refractivity contribution is 5.92. The van der Waals surface area contributed by atoms with Gasteiger partial charge in [-0.25, -0.2) is 4.68 Å². The molecule has 1 fully saturated rings. The number of carbonyl (C=O) groups excluding carboxylic acids is 1. The van der Waals surface area contributed by atoms with E-state index in [1.165, 1.54) is 11.9 Å². The third-order valence-corrected chi connectivity index (χ3v) is 4.68. The molecule has 0 bridgehead atoms. The lowest BCUT2D eigenvalue weighted by molar-refractivity contribution is -0.133. The summed E-state index contributed by atoms with van der Waals surface area (Å²) in [5.41, 5.74) is 2.52. The van der Waals surface area contributed by atoms with Gasteiger partial charge in [0.25, 0.3) is 5.91 Å². The molecule has 1 atom stereocenters. The van der Waals surface area contributed by atoms with Crippen LogP contribution in [0, 0.1) is 11.3 Å². The Balaban J connectivity index is 1.36. The number of hydrogen-bond donors (Lipinski definition) is 1. The van der Waals surface area contributed by atoms with Crippen molar-refractivity contribution in [1.82, 2.24) is 19.7 Å². The zero-order chi connectivity index (χ0) is 20.1. The maximum Gasteiger partial charge on any atom is 0.257 e. The van der Waals surface area contributed by atoms with Crippen LogP contribution in [0.2, 0.25) is 0 Å². The van der Waals surface area contributed by atoms with Crippen molar-refractivity contribution in [3.05, 3.63) is 72.1 Å². The first-order chi connectivity index (χ1) is 14.2. The van der Waals surface area contributed by atoms with Gasteiger partial charge in [0.1, 0.15) is 12.4 Å². The Morgan fingerprint density at radius 3 is 2.76 bits per heavy atom. The third kappa shape index (κ3) is 4.66. The van der Waals surface area contributed by atoms with Crippen LogP contribution in [0.3, 0.4) is 0 Å². The van der Waals surface area contributed by atoms with Crippen LogP contribution in [0.25, 0.3) is 5.69 Å². The first kappa shape index (κ1) is 18.8. The molecule has 0 saturated carbocycles. The van der Waals surface area contributed by atoms with Gasteiger partial charge < -0.3 is 4.74 Å². The van der Waals surface area contributed by atoms with Crippen LogP contribution >= 0.6 is 0 Å². The van der Waals surface area contributed by atoms with Gasteiger partial charge in [0.05, 0.1) is 23.9 Å². The lowest BCUT2D eigenvalue weighted by Crippen LogP contribution is -2.47. The molecule has 1 aromatic heterocycles. The number of nitrogens with zero attached hydrogens (tertiary/aromatic N) is 5. The topological polar surface area (TPSA) is 96.1 Å². The smallest absolute Gasteiger partial charge is 0.257 e. The van der Waals surface area contributed by atoms with Crippen molar-refractivity contribution < 1.29 is 9.53 Å². The minimum absolute atomic E-state index is 0.211. The van der Waals surface area contributed by atoms with Crippen LogP contribution in [0.15, 0.2) is 60.9 Å². The van der Waals surface area contributed by atoms with E-state index in [-0.39, 0.29) is 11.9 Å². The average Bonchev–Trinajstić information content (AvgIpc) is 3.23. The number of nitriles is 1. The molecule has 8 nitrogen and oxygen atoms in total. The quantitative estimate of drug-likeness (QED) is 0.718. The number of anilines is 1. The Morgan fingerprint density at radius 2 is 2.00 bits per heavy atom. The van der Waals surface area contributed by atoms with Crippen LogP contribution in [-0.2, 0) is 16.1 Å². The Morgan fingerprint density at radius 1 is 1.21 bits per heavy atom. The molecule has 4 rings (SSSR count). The SMILES string of the molecule is N#Cc1ccc(-n2cnc(NC(=O)C3CN(Cc4ccccc4)CCO3)n2)cc1. The predicted octanol–water partition coefficient (Wildman–Crippen LogP) is 1.98. The normalized spacial score (nSPS) is 16.9. The van der Waals surface area contributed by atoms with Crippen molar-refractivity contribution >= 4 is 11.9 Å². The fourth-order valence-corrected chi connectivity index (χ4v) is 3.17. The second kappa shape index (κ2) is 8.65. The minimum atomic E-state index is -0.575. The van der Waals surface area contributed by atoms with Crippen molar-refractivity contribution in [2.24, 2.45) is 0 Å². The summed E-state index contributed by atoms with van der Waals surface area (Å²) in [5.74, 6) is -0.0523. The largest absolute Gasteiger partial charge is 0.366 e. The lowest BCUT2D eigenvalue weighted by atomic mass is 10.2. The second-order valence-electron chi connectivity index (χ2n) is 6.74.